The van der Waals surface area contributed by atoms with E-state index in [4.69, 9.17) is 21.4 Å². The summed E-state index contributed by atoms with van der Waals surface area (Å²) in [7, 11) is 3.08. The predicted octanol–water partition coefficient (Wildman–Crippen LogP) is 0.447. The zero-order valence-electron chi connectivity index (χ0n) is 52.0. The molecule has 0 unspecified atom stereocenters. The van der Waals surface area contributed by atoms with Crippen LogP contribution in [0.25, 0.3) is 0 Å². The van der Waals surface area contributed by atoms with Crippen molar-refractivity contribution in [3.63, 3.8) is 0 Å². The van der Waals surface area contributed by atoms with E-state index in [1.54, 1.807) is 130 Å². The molecule has 17 N–H and O–H groups in total. The molecule has 10 amide bonds. The van der Waals surface area contributed by atoms with Crippen LogP contribution in [0.4, 0.5) is 13.2 Å². The molecule has 2 aromatic carbocycles. The van der Waals surface area contributed by atoms with Gasteiger partial charge in [-0.25, -0.2) is 4.79 Å². The number of guanidine groups is 2. The number of hydrogen-bond donors (Lipinski definition) is 15. The third-order valence-corrected chi connectivity index (χ3v) is 14.1. The molecule has 2 aliphatic heterocycles. The standard InChI is InChI=1S/2C28H44N8O5.C2HF3O2.CH4/c2*1-6-19-23(38)35-21(18-11-8-7-9-12-18)25(40)31-16-14-28(4,36-22(37)17(2)3)26(41)34-20(24(39)33-19)13-10-15-32-27(29)30-5;3-2(4,5)1(6)7;/h2*7-9,11-12,17,19-21H,6,10,13-16H2,1-5H3,(H,31,40)(H,33,39)(H,34,41)(H,35,38)(H,36,37)(H3,29,30,32);(H,6,7);1H4/t19-,20-,21+,28+;19-,20-,21-,28+;;/m00../s1. The predicted molar refractivity (Wildman–Crippen MR) is 331 cm³/mol. The highest BCUT2D eigenvalue weighted by Crippen LogP contribution is 2.20. The van der Waals surface area contributed by atoms with E-state index in [-0.39, 0.29) is 82.8 Å². The zero-order chi connectivity index (χ0) is 67.2. The van der Waals surface area contributed by atoms with Gasteiger partial charge in [-0.15, -0.1) is 0 Å². The van der Waals surface area contributed by atoms with Gasteiger partial charge < -0.3 is 80.4 Å². The number of nitrogens with zero attached hydrogens (tertiary/aromatic N) is 2. The molecule has 2 fully saturated rings. The molecular weight excluding hydrogens is 1180 g/mol. The Morgan fingerprint density at radius 1 is 0.567 bits per heavy atom. The lowest BCUT2D eigenvalue weighted by Crippen LogP contribution is -2.63. The van der Waals surface area contributed by atoms with Gasteiger partial charge in [0.25, 0.3) is 0 Å². The first-order valence-electron chi connectivity index (χ1n) is 29.1. The number of rotatable bonds is 16. The van der Waals surface area contributed by atoms with Crippen LogP contribution >= 0.6 is 0 Å². The van der Waals surface area contributed by atoms with Gasteiger partial charge in [0.2, 0.25) is 59.1 Å². The first-order valence-corrected chi connectivity index (χ1v) is 29.1. The molecule has 8 atom stereocenters. The van der Waals surface area contributed by atoms with Crippen LogP contribution < -0.4 is 75.3 Å². The van der Waals surface area contributed by atoms with Crippen molar-refractivity contribution >= 4 is 77.0 Å². The minimum atomic E-state index is -5.08. The van der Waals surface area contributed by atoms with Gasteiger partial charge in [0.1, 0.15) is 47.3 Å². The Balaban J connectivity index is 0.000000804. The summed E-state index contributed by atoms with van der Waals surface area (Å²) in [5, 5.41) is 40.6. The highest BCUT2D eigenvalue weighted by atomic mass is 19.4. The normalized spacial score (nSPS) is 23.5. The van der Waals surface area contributed by atoms with E-state index >= 15 is 0 Å². The quantitative estimate of drug-likeness (QED) is 0.0616. The van der Waals surface area contributed by atoms with Gasteiger partial charge in [-0.3, -0.25) is 57.9 Å². The molecule has 2 aliphatic rings. The van der Waals surface area contributed by atoms with Gasteiger partial charge in [-0.1, -0.05) is 110 Å². The van der Waals surface area contributed by atoms with E-state index < -0.39 is 119 Å². The van der Waals surface area contributed by atoms with E-state index in [2.05, 4.69) is 73.8 Å². The molecular formula is C59H93F3N16O12. The molecule has 2 saturated heterocycles. The number of aliphatic carboxylic acids is 1. The first kappa shape index (κ1) is 79.0. The van der Waals surface area contributed by atoms with Crippen LogP contribution in [0, 0.1) is 11.8 Å². The van der Waals surface area contributed by atoms with Crippen molar-refractivity contribution in [1.29, 1.82) is 0 Å². The fourth-order valence-corrected chi connectivity index (χ4v) is 8.38. The van der Waals surface area contributed by atoms with Crippen molar-refractivity contribution in [2.24, 2.45) is 33.3 Å². The molecule has 0 saturated carbocycles. The van der Waals surface area contributed by atoms with Crippen molar-refractivity contribution < 1.29 is 71.0 Å². The molecule has 31 heteroatoms. The number of carboxylic acids is 1. The van der Waals surface area contributed by atoms with Crippen LogP contribution in [0.1, 0.15) is 137 Å². The number of halogens is 3. The van der Waals surface area contributed by atoms with E-state index in [1.807, 2.05) is 0 Å². The number of alkyl halides is 3. The Bertz CT molecular complexity index is 2620. The fraction of sp³-hybridized carbons (Fsp3) is 0.576. The topological polar surface area (TPSA) is 429 Å². The lowest BCUT2D eigenvalue weighted by Gasteiger charge is -2.33. The summed E-state index contributed by atoms with van der Waals surface area (Å²) < 4.78 is 31.7. The second-order valence-electron chi connectivity index (χ2n) is 21.9. The Labute approximate surface area is 523 Å². The van der Waals surface area contributed by atoms with E-state index in [0.717, 1.165) is 0 Å². The average Bonchev–Trinajstić information content (AvgIpc) is 1.09. The summed E-state index contributed by atoms with van der Waals surface area (Å²) in [5.41, 5.74) is 9.59. The summed E-state index contributed by atoms with van der Waals surface area (Å²) in [6.07, 6.45) is -3.19. The molecule has 28 nitrogen and oxygen atoms in total. The maximum Gasteiger partial charge on any atom is 0.490 e. The Hall–Kier alpha value is -9.06. The number of carbonyl (C=O) groups excluding carboxylic acids is 10. The molecule has 0 spiro atoms. The number of benzene rings is 2. The highest BCUT2D eigenvalue weighted by molar-refractivity contribution is 5.99. The molecule has 0 radical (unpaired) electrons. The molecule has 0 bridgehead atoms. The molecule has 2 aromatic rings. The SMILES string of the molecule is C.CC[C@@H]1NC(=O)[C@H](CCCNC(N)=NC)NC(=O)[C@](C)(NC(=O)C(C)C)CCNC(=O)[C@@H](c2ccccc2)NC1=O.CC[C@@H]1NC(=O)[C@H](CCCNC(N)=NC)NC(=O)[C@](C)(NC(=O)C(C)C)CCNC(=O)[C@H](c2ccccc2)NC1=O.O=C(O)C(F)(F)F. The number of aliphatic imine (C=N–C) groups is 2. The molecule has 0 aromatic heterocycles. The summed E-state index contributed by atoms with van der Waals surface area (Å²) in [6.45, 7) is 14.2. The zero-order valence-corrected chi connectivity index (χ0v) is 52.0. The number of amides is 10. The van der Waals surface area contributed by atoms with Gasteiger partial charge in [-0.2, -0.15) is 13.2 Å². The summed E-state index contributed by atoms with van der Waals surface area (Å²) in [4.78, 5) is 149. The first-order chi connectivity index (χ1) is 41.8. The second-order valence-corrected chi connectivity index (χ2v) is 21.9. The van der Waals surface area contributed by atoms with E-state index in [9.17, 15) is 61.1 Å². The van der Waals surface area contributed by atoms with Gasteiger partial charge in [0.05, 0.1) is 0 Å². The number of carbonyl (C=O) groups is 11. The molecule has 4 rings (SSSR count). The maximum atomic E-state index is 13.6. The minimum Gasteiger partial charge on any atom is -0.475 e. The maximum absolute atomic E-state index is 13.6. The lowest BCUT2D eigenvalue weighted by atomic mass is 9.94. The summed E-state index contributed by atoms with van der Waals surface area (Å²) in [5.74, 6) is -8.11. The second kappa shape index (κ2) is 38.4. The number of nitrogens with two attached hydrogens (primary N) is 2. The number of hydrogen-bond acceptors (Lipinski definition) is 13. The van der Waals surface area contributed by atoms with Gasteiger partial charge in [0, 0.05) is 52.1 Å². The van der Waals surface area contributed by atoms with Crippen LogP contribution in [-0.2, 0) is 52.7 Å². The van der Waals surface area contributed by atoms with Crippen LogP contribution in [0.15, 0.2) is 70.6 Å². The smallest absolute Gasteiger partial charge is 0.475 e. The monoisotopic (exact) mass is 1270 g/mol. The van der Waals surface area contributed by atoms with Crippen LogP contribution in [0.2, 0.25) is 0 Å². The minimum absolute atomic E-state index is 0. The Morgan fingerprint density at radius 2 is 0.878 bits per heavy atom. The van der Waals surface area contributed by atoms with Crippen LogP contribution in [-0.4, -0.2) is 164 Å². The van der Waals surface area contributed by atoms with Crippen LogP contribution in [0.5, 0.6) is 0 Å². The largest absolute Gasteiger partial charge is 0.490 e. The van der Waals surface area contributed by atoms with Crippen molar-refractivity contribution in [1.82, 2.24) is 63.8 Å². The number of nitrogens with one attached hydrogen (secondary N) is 12. The molecule has 502 valence electrons. The van der Waals surface area contributed by atoms with Gasteiger partial charge >= 0.3 is 12.1 Å². The Kier molecular flexibility index (Phi) is 33.7. The number of carboxylic acid groups (broad SMARTS) is 1. The Morgan fingerprint density at radius 3 is 1.16 bits per heavy atom. The van der Waals surface area contributed by atoms with Crippen molar-refractivity contribution in [2.75, 3.05) is 40.3 Å². The molecule has 2 heterocycles. The van der Waals surface area contributed by atoms with Crippen molar-refractivity contribution in [3.05, 3.63) is 71.8 Å². The molecule has 0 aliphatic carbocycles. The van der Waals surface area contributed by atoms with E-state index in [1.165, 1.54) is 0 Å². The lowest BCUT2D eigenvalue weighted by molar-refractivity contribution is -0.192. The summed E-state index contributed by atoms with van der Waals surface area (Å²) in [6, 6.07) is 11.4. The van der Waals surface area contributed by atoms with Crippen molar-refractivity contribution in [3.8, 4) is 0 Å². The fourth-order valence-electron chi connectivity index (χ4n) is 8.38. The van der Waals surface area contributed by atoms with Gasteiger partial charge in [-0.05, 0) is 76.3 Å². The highest BCUT2D eigenvalue weighted by Gasteiger charge is 2.42. The van der Waals surface area contributed by atoms with E-state index in [0.29, 0.717) is 37.1 Å². The average molecular weight is 1280 g/mol. The molecule has 90 heavy (non-hydrogen) atoms. The third kappa shape index (κ3) is 26.3. The van der Waals surface area contributed by atoms with Gasteiger partial charge in [0.15, 0.2) is 11.9 Å². The summed E-state index contributed by atoms with van der Waals surface area (Å²) >= 11 is 0. The van der Waals surface area contributed by atoms with Crippen LogP contribution in [0.3, 0.4) is 0 Å². The van der Waals surface area contributed by atoms with Crippen molar-refractivity contribution in [2.45, 2.75) is 168 Å². The third-order valence-electron chi connectivity index (χ3n) is 14.1.